The number of carbonyl (C=O) groups excluding carboxylic acids is 2. The predicted molar refractivity (Wildman–Crippen MR) is 143 cm³/mol. The van der Waals surface area contributed by atoms with Gasteiger partial charge in [-0.15, -0.1) is 0 Å². The number of urea groups is 2. The van der Waals surface area contributed by atoms with Gasteiger partial charge in [-0.1, -0.05) is 12.1 Å². The molecule has 2 aliphatic rings. The van der Waals surface area contributed by atoms with Crippen molar-refractivity contribution in [2.24, 2.45) is 9.98 Å². The van der Waals surface area contributed by atoms with Crippen molar-refractivity contribution in [3.63, 3.8) is 0 Å². The summed E-state index contributed by atoms with van der Waals surface area (Å²) < 4.78 is 0. The summed E-state index contributed by atoms with van der Waals surface area (Å²) in [4.78, 5) is 34.0. The van der Waals surface area contributed by atoms with Crippen molar-refractivity contribution >= 4 is 46.5 Å². The third-order valence-corrected chi connectivity index (χ3v) is 5.60. The Morgan fingerprint density at radius 2 is 1.00 bits per heavy atom. The van der Waals surface area contributed by atoms with Crippen molar-refractivity contribution in [2.45, 2.75) is 0 Å². The van der Waals surface area contributed by atoms with Gasteiger partial charge in [0, 0.05) is 35.6 Å². The van der Waals surface area contributed by atoms with E-state index in [9.17, 15) is 9.59 Å². The number of rotatable bonds is 6. The number of hydrogen-bond donors (Lipinski definition) is 6. The van der Waals surface area contributed by atoms with Gasteiger partial charge in [0.2, 0.25) is 0 Å². The molecule has 182 valence electrons. The first-order valence-corrected chi connectivity index (χ1v) is 11.7. The number of aliphatic imine (C=N–C) groups is 2. The third-order valence-electron chi connectivity index (χ3n) is 5.60. The van der Waals surface area contributed by atoms with Gasteiger partial charge in [0.1, 0.15) is 11.7 Å². The lowest BCUT2D eigenvalue weighted by molar-refractivity contribution is 0.261. The van der Waals surface area contributed by atoms with Crippen LogP contribution in [0, 0.1) is 0 Å². The van der Waals surface area contributed by atoms with Gasteiger partial charge < -0.3 is 31.9 Å². The Morgan fingerprint density at radius 1 is 0.583 bits per heavy atom. The number of benzene rings is 3. The predicted octanol–water partition coefficient (Wildman–Crippen LogP) is 3.67. The van der Waals surface area contributed by atoms with Crippen LogP contribution in [-0.4, -0.2) is 49.9 Å². The standard InChI is InChI=1S/C26H26N8O2/c35-25(31-19-9-5-17(6-10-19)23-27-13-14-28-23)33-21-3-1-2-4-22(21)34-26(36)32-20-11-7-18(8-12-20)24-29-15-16-30-24/h1-12H,13-16H2,(H,27,28)(H,29,30)(H2,31,33,35)(H2,32,34,36). The molecule has 0 unspecified atom stereocenters. The van der Waals surface area contributed by atoms with E-state index < -0.39 is 12.1 Å². The van der Waals surface area contributed by atoms with E-state index in [2.05, 4.69) is 41.9 Å². The highest BCUT2D eigenvalue weighted by atomic mass is 16.2. The van der Waals surface area contributed by atoms with Gasteiger partial charge in [0.15, 0.2) is 0 Å². The van der Waals surface area contributed by atoms with Gasteiger partial charge in [-0.25, -0.2) is 9.59 Å². The fraction of sp³-hybridized carbons (Fsp3) is 0.154. The second-order valence-corrected chi connectivity index (χ2v) is 8.17. The summed E-state index contributed by atoms with van der Waals surface area (Å²) in [7, 11) is 0. The van der Waals surface area contributed by atoms with Crippen LogP contribution >= 0.6 is 0 Å². The molecule has 0 radical (unpaired) electrons. The Kier molecular flexibility index (Phi) is 6.74. The van der Waals surface area contributed by atoms with Crippen molar-refractivity contribution in [3.8, 4) is 0 Å². The number of anilines is 4. The lowest BCUT2D eigenvalue weighted by Gasteiger charge is -2.14. The van der Waals surface area contributed by atoms with E-state index in [1.54, 1.807) is 24.3 Å². The molecule has 0 spiro atoms. The zero-order valence-electron chi connectivity index (χ0n) is 19.5. The van der Waals surface area contributed by atoms with E-state index in [1.165, 1.54) is 0 Å². The van der Waals surface area contributed by atoms with E-state index in [1.807, 2.05) is 48.5 Å². The molecule has 0 bridgehead atoms. The van der Waals surface area contributed by atoms with Gasteiger partial charge in [-0.2, -0.15) is 0 Å². The summed E-state index contributed by atoms with van der Waals surface area (Å²) in [5, 5.41) is 17.6. The first kappa shape index (κ1) is 22.9. The average molecular weight is 483 g/mol. The Balaban J connectivity index is 1.17. The van der Waals surface area contributed by atoms with Crippen LogP contribution in [0.25, 0.3) is 0 Å². The Labute approximate surface area is 208 Å². The molecule has 5 rings (SSSR count). The molecule has 0 saturated carbocycles. The van der Waals surface area contributed by atoms with Crippen LogP contribution < -0.4 is 31.9 Å². The zero-order chi connectivity index (χ0) is 24.7. The zero-order valence-corrected chi connectivity index (χ0v) is 19.5. The molecule has 0 atom stereocenters. The molecule has 2 heterocycles. The monoisotopic (exact) mass is 482 g/mol. The molecule has 3 aromatic rings. The summed E-state index contributed by atoms with van der Waals surface area (Å²) in [6, 6.07) is 21.0. The van der Waals surface area contributed by atoms with Crippen molar-refractivity contribution in [2.75, 3.05) is 47.4 Å². The number of hydrogen-bond acceptors (Lipinski definition) is 6. The molecule has 2 aliphatic heterocycles. The minimum absolute atomic E-state index is 0.423. The van der Waals surface area contributed by atoms with E-state index in [-0.39, 0.29) is 0 Å². The van der Waals surface area contributed by atoms with Crippen LogP contribution in [0.2, 0.25) is 0 Å². The van der Waals surface area contributed by atoms with E-state index in [0.29, 0.717) is 22.7 Å². The SMILES string of the molecule is O=C(Nc1ccc(C2=NCCN2)cc1)Nc1ccccc1NC(=O)Nc1ccc(C2=NCCN2)cc1. The van der Waals surface area contributed by atoms with Crippen LogP contribution in [0.1, 0.15) is 11.1 Å². The number of carbonyl (C=O) groups is 2. The quantitative estimate of drug-likeness (QED) is 0.320. The van der Waals surface area contributed by atoms with Crippen molar-refractivity contribution in [1.82, 2.24) is 10.6 Å². The highest BCUT2D eigenvalue weighted by Crippen LogP contribution is 2.22. The van der Waals surface area contributed by atoms with Crippen molar-refractivity contribution in [1.29, 1.82) is 0 Å². The molecule has 36 heavy (non-hydrogen) atoms. The maximum atomic E-state index is 12.6. The minimum Gasteiger partial charge on any atom is -0.368 e. The maximum absolute atomic E-state index is 12.6. The second-order valence-electron chi connectivity index (χ2n) is 8.17. The Bertz CT molecular complexity index is 1210. The van der Waals surface area contributed by atoms with Gasteiger partial charge >= 0.3 is 12.1 Å². The summed E-state index contributed by atoms with van der Waals surface area (Å²) in [5.74, 6) is 1.72. The van der Waals surface area contributed by atoms with E-state index in [0.717, 1.165) is 49.0 Å². The number of nitrogens with zero attached hydrogens (tertiary/aromatic N) is 2. The van der Waals surface area contributed by atoms with Crippen molar-refractivity contribution < 1.29 is 9.59 Å². The Morgan fingerprint density at radius 3 is 1.36 bits per heavy atom. The largest absolute Gasteiger partial charge is 0.368 e. The van der Waals surface area contributed by atoms with Gasteiger partial charge in [-0.05, 0) is 60.7 Å². The van der Waals surface area contributed by atoms with Crippen LogP contribution in [0.3, 0.4) is 0 Å². The third kappa shape index (κ3) is 5.61. The summed E-state index contributed by atoms with van der Waals surface area (Å²) in [6.07, 6.45) is 0. The summed E-state index contributed by atoms with van der Waals surface area (Å²) >= 11 is 0. The first-order valence-electron chi connectivity index (χ1n) is 11.7. The number of nitrogens with one attached hydrogen (secondary N) is 6. The molecular weight excluding hydrogens is 456 g/mol. The number of para-hydroxylation sites is 2. The molecule has 10 heteroatoms. The molecule has 0 aromatic heterocycles. The van der Waals surface area contributed by atoms with Crippen LogP contribution in [0.5, 0.6) is 0 Å². The lowest BCUT2D eigenvalue weighted by Crippen LogP contribution is -2.23. The topological polar surface area (TPSA) is 131 Å². The maximum Gasteiger partial charge on any atom is 0.323 e. The van der Waals surface area contributed by atoms with Crippen LogP contribution in [-0.2, 0) is 0 Å². The highest BCUT2D eigenvalue weighted by molar-refractivity contribution is 6.07. The molecule has 0 fully saturated rings. The normalized spacial score (nSPS) is 14.1. The molecule has 4 amide bonds. The van der Waals surface area contributed by atoms with Crippen LogP contribution in [0.15, 0.2) is 82.8 Å². The summed E-state index contributed by atoms with van der Waals surface area (Å²) in [6.45, 7) is 3.21. The smallest absolute Gasteiger partial charge is 0.323 e. The molecule has 10 nitrogen and oxygen atoms in total. The van der Waals surface area contributed by atoms with E-state index >= 15 is 0 Å². The number of amidine groups is 2. The summed E-state index contributed by atoms with van der Waals surface area (Å²) in [5.41, 5.74) is 4.15. The van der Waals surface area contributed by atoms with E-state index in [4.69, 9.17) is 0 Å². The highest BCUT2D eigenvalue weighted by Gasteiger charge is 2.12. The molecule has 0 aliphatic carbocycles. The molecule has 0 saturated heterocycles. The lowest BCUT2D eigenvalue weighted by atomic mass is 10.2. The van der Waals surface area contributed by atoms with Crippen LogP contribution in [0.4, 0.5) is 32.3 Å². The van der Waals surface area contributed by atoms with Gasteiger partial charge in [-0.3, -0.25) is 9.98 Å². The molecular formula is C26H26N8O2. The Hall–Kier alpha value is -4.86. The molecule has 3 aromatic carbocycles. The second kappa shape index (κ2) is 10.6. The van der Waals surface area contributed by atoms with Gasteiger partial charge in [0.05, 0.1) is 24.5 Å². The molecule has 6 N–H and O–H groups in total. The van der Waals surface area contributed by atoms with Gasteiger partial charge in [0.25, 0.3) is 0 Å². The average Bonchev–Trinajstić information content (AvgIpc) is 3.61. The fourth-order valence-electron chi connectivity index (χ4n) is 3.88. The number of amides is 4. The fourth-order valence-corrected chi connectivity index (χ4v) is 3.88. The van der Waals surface area contributed by atoms with Crippen molar-refractivity contribution in [3.05, 3.63) is 83.9 Å². The minimum atomic E-state index is -0.423. The first-order chi connectivity index (χ1) is 17.6.